The van der Waals surface area contributed by atoms with Crippen LogP contribution in [0.5, 0.6) is 11.6 Å². The van der Waals surface area contributed by atoms with E-state index in [2.05, 4.69) is 16.3 Å². The second-order valence-corrected chi connectivity index (χ2v) is 4.80. The van der Waals surface area contributed by atoms with Crippen molar-refractivity contribution in [2.45, 2.75) is 18.7 Å². The summed E-state index contributed by atoms with van der Waals surface area (Å²) in [4.78, 5) is 0.992. The van der Waals surface area contributed by atoms with E-state index >= 15 is 0 Å². The average molecular weight is 271 g/mol. The van der Waals surface area contributed by atoms with Crippen LogP contribution in [0.1, 0.15) is 16.8 Å². The average Bonchev–Trinajstić information content (AvgIpc) is 2.44. The van der Waals surface area contributed by atoms with Crippen molar-refractivity contribution >= 4 is 11.8 Å². The van der Waals surface area contributed by atoms with Gasteiger partial charge in [-0.25, -0.2) is 0 Å². The van der Waals surface area contributed by atoms with Gasteiger partial charge in [-0.05, 0) is 37.8 Å². The second-order valence-electron chi connectivity index (χ2n) is 3.96. The van der Waals surface area contributed by atoms with E-state index in [1.54, 1.807) is 11.8 Å². The molecule has 5 heteroatoms. The highest BCUT2D eigenvalue weighted by Gasteiger charge is 2.14. The van der Waals surface area contributed by atoms with Crippen LogP contribution in [-0.2, 0) is 0 Å². The van der Waals surface area contributed by atoms with Crippen LogP contribution in [-0.4, -0.2) is 16.5 Å². The van der Waals surface area contributed by atoms with Crippen LogP contribution in [0.2, 0.25) is 0 Å². The molecule has 0 unspecified atom stereocenters. The zero-order valence-electron chi connectivity index (χ0n) is 11.0. The number of rotatable bonds is 3. The van der Waals surface area contributed by atoms with E-state index in [0.717, 1.165) is 16.2 Å². The summed E-state index contributed by atoms with van der Waals surface area (Å²) in [5.41, 5.74) is 1.97. The fourth-order valence-corrected chi connectivity index (χ4v) is 2.12. The molecule has 1 heterocycles. The van der Waals surface area contributed by atoms with Gasteiger partial charge in [-0.15, -0.1) is 16.9 Å². The van der Waals surface area contributed by atoms with Crippen molar-refractivity contribution in [1.29, 1.82) is 5.26 Å². The van der Waals surface area contributed by atoms with E-state index < -0.39 is 0 Å². The minimum absolute atomic E-state index is 0.257. The maximum atomic E-state index is 9.23. The van der Waals surface area contributed by atoms with Crippen LogP contribution in [0.3, 0.4) is 0 Å². The molecule has 0 aliphatic rings. The lowest BCUT2D eigenvalue weighted by Crippen LogP contribution is -2.00. The molecule has 2 aromatic rings. The molecule has 0 atom stereocenters. The van der Waals surface area contributed by atoms with Gasteiger partial charge in [0.2, 0.25) is 0 Å². The Morgan fingerprint density at radius 1 is 1.21 bits per heavy atom. The number of aromatic nitrogens is 2. The van der Waals surface area contributed by atoms with Crippen molar-refractivity contribution in [3.05, 3.63) is 41.1 Å². The first-order chi connectivity index (χ1) is 9.17. The smallest absolute Gasteiger partial charge is 0.257 e. The molecule has 0 amide bonds. The third kappa shape index (κ3) is 2.69. The lowest BCUT2D eigenvalue weighted by molar-refractivity contribution is 0.442. The zero-order valence-corrected chi connectivity index (χ0v) is 11.8. The topological polar surface area (TPSA) is 58.8 Å². The predicted molar refractivity (Wildman–Crippen MR) is 74.5 cm³/mol. The molecule has 0 spiro atoms. The van der Waals surface area contributed by atoms with Gasteiger partial charge < -0.3 is 4.74 Å². The minimum atomic E-state index is 0.257. The first kappa shape index (κ1) is 13.4. The van der Waals surface area contributed by atoms with Crippen LogP contribution in [0.4, 0.5) is 0 Å². The van der Waals surface area contributed by atoms with Gasteiger partial charge in [-0.3, -0.25) is 0 Å². The molecule has 0 saturated heterocycles. The molecule has 4 nitrogen and oxygen atoms in total. The van der Waals surface area contributed by atoms with E-state index in [1.807, 2.05) is 44.4 Å². The fraction of sp³-hybridized carbons (Fsp3) is 0.214. The number of para-hydroxylation sites is 1. The summed E-state index contributed by atoms with van der Waals surface area (Å²) in [5.74, 6) is 0.941. The molecule has 1 aromatic carbocycles. The standard InChI is InChI=1S/C14H13N3OS/c1-9-10(2)16-17-14(11(9)8-15)18-12-6-4-5-7-13(12)19-3/h4-7H,1-3H3. The Balaban J connectivity index is 2.45. The third-order valence-corrected chi connectivity index (χ3v) is 3.59. The van der Waals surface area contributed by atoms with Crippen molar-refractivity contribution in [1.82, 2.24) is 10.2 Å². The van der Waals surface area contributed by atoms with Gasteiger partial charge in [0.1, 0.15) is 17.4 Å². The number of aryl methyl sites for hydroxylation is 1. The highest BCUT2D eigenvalue weighted by atomic mass is 32.2. The van der Waals surface area contributed by atoms with Crippen molar-refractivity contribution in [2.24, 2.45) is 0 Å². The molecule has 1 aromatic heterocycles. The van der Waals surface area contributed by atoms with Crippen LogP contribution in [0.25, 0.3) is 0 Å². The second kappa shape index (κ2) is 5.72. The van der Waals surface area contributed by atoms with E-state index in [0.29, 0.717) is 11.3 Å². The number of nitrogens with zero attached hydrogens (tertiary/aromatic N) is 3. The van der Waals surface area contributed by atoms with Gasteiger partial charge in [0.05, 0.1) is 5.69 Å². The molecule has 0 saturated carbocycles. The normalized spacial score (nSPS) is 10.0. The van der Waals surface area contributed by atoms with Gasteiger partial charge in [-0.2, -0.15) is 10.4 Å². The molecular formula is C14H13N3OS. The summed E-state index contributed by atoms with van der Waals surface area (Å²) < 4.78 is 5.74. The van der Waals surface area contributed by atoms with Crippen LogP contribution < -0.4 is 4.74 Å². The summed E-state index contributed by atoms with van der Waals surface area (Å²) in [7, 11) is 0. The molecule has 0 radical (unpaired) electrons. The number of hydrogen-bond acceptors (Lipinski definition) is 5. The number of hydrogen-bond donors (Lipinski definition) is 0. The number of thioether (sulfide) groups is 1. The molecule has 19 heavy (non-hydrogen) atoms. The Bertz CT molecular complexity index is 650. The lowest BCUT2D eigenvalue weighted by atomic mass is 10.1. The van der Waals surface area contributed by atoms with E-state index in [-0.39, 0.29) is 5.88 Å². The van der Waals surface area contributed by atoms with Gasteiger partial charge >= 0.3 is 0 Å². The number of benzene rings is 1. The molecule has 0 fully saturated rings. The largest absolute Gasteiger partial charge is 0.435 e. The lowest BCUT2D eigenvalue weighted by Gasteiger charge is -2.10. The molecule has 2 rings (SSSR count). The molecular weight excluding hydrogens is 258 g/mol. The summed E-state index contributed by atoms with van der Waals surface area (Å²) in [6.45, 7) is 3.67. The predicted octanol–water partition coefficient (Wildman–Crippen LogP) is 3.48. The number of ether oxygens (including phenoxy) is 1. The Kier molecular flexibility index (Phi) is 4.03. The maximum absolute atomic E-state index is 9.23. The van der Waals surface area contributed by atoms with Crippen LogP contribution >= 0.6 is 11.8 Å². The van der Waals surface area contributed by atoms with Crippen molar-refractivity contribution in [2.75, 3.05) is 6.26 Å². The number of nitriles is 1. The highest BCUT2D eigenvalue weighted by Crippen LogP contribution is 2.32. The Morgan fingerprint density at radius 2 is 1.95 bits per heavy atom. The quantitative estimate of drug-likeness (QED) is 0.800. The fourth-order valence-electron chi connectivity index (χ4n) is 1.60. The van der Waals surface area contributed by atoms with E-state index in [4.69, 9.17) is 4.74 Å². The zero-order chi connectivity index (χ0) is 13.8. The Morgan fingerprint density at radius 3 is 2.63 bits per heavy atom. The minimum Gasteiger partial charge on any atom is -0.435 e. The third-order valence-electron chi connectivity index (χ3n) is 2.81. The van der Waals surface area contributed by atoms with Crippen molar-refractivity contribution in [3.63, 3.8) is 0 Å². The van der Waals surface area contributed by atoms with E-state index in [9.17, 15) is 5.26 Å². The first-order valence-corrected chi connectivity index (χ1v) is 6.94. The van der Waals surface area contributed by atoms with Crippen molar-refractivity contribution in [3.8, 4) is 17.7 Å². The highest BCUT2D eigenvalue weighted by molar-refractivity contribution is 7.98. The molecule has 96 valence electrons. The van der Waals surface area contributed by atoms with E-state index in [1.165, 1.54) is 0 Å². The monoisotopic (exact) mass is 271 g/mol. The molecule has 0 aliphatic heterocycles. The molecule has 0 aliphatic carbocycles. The van der Waals surface area contributed by atoms with Gasteiger partial charge in [-0.1, -0.05) is 12.1 Å². The van der Waals surface area contributed by atoms with Crippen molar-refractivity contribution < 1.29 is 4.74 Å². The Hall–Kier alpha value is -2.06. The van der Waals surface area contributed by atoms with Gasteiger partial charge in [0, 0.05) is 4.90 Å². The van der Waals surface area contributed by atoms with Gasteiger partial charge in [0.15, 0.2) is 0 Å². The van der Waals surface area contributed by atoms with Gasteiger partial charge in [0.25, 0.3) is 5.88 Å². The van der Waals surface area contributed by atoms with Crippen LogP contribution in [0.15, 0.2) is 29.2 Å². The van der Waals surface area contributed by atoms with Crippen LogP contribution in [0, 0.1) is 25.2 Å². The maximum Gasteiger partial charge on any atom is 0.257 e. The summed E-state index contributed by atoms with van der Waals surface area (Å²) in [6, 6.07) is 9.76. The first-order valence-electron chi connectivity index (χ1n) is 5.72. The summed E-state index contributed by atoms with van der Waals surface area (Å²) in [6.07, 6.45) is 1.97. The summed E-state index contributed by atoms with van der Waals surface area (Å²) in [5, 5.41) is 17.2. The SMILES string of the molecule is CSc1ccccc1Oc1nnc(C)c(C)c1C#N. The molecule has 0 bridgehead atoms. The molecule has 0 N–H and O–H groups in total. The Labute approximate surface area is 116 Å². The summed E-state index contributed by atoms with van der Waals surface area (Å²) >= 11 is 1.58.